The predicted octanol–water partition coefficient (Wildman–Crippen LogP) is 3.48. The van der Waals surface area contributed by atoms with Gasteiger partial charge in [-0.25, -0.2) is 0 Å². The molecule has 0 unspecified atom stereocenters. The van der Waals surface area contributed by atoms with Crippen LogP contribution in [0.4, 0.5) is 13.2 Å². The van der Waals surface area contributed by atoms with Gasteiger partial charge in [-0.05, 0) is 0 Å². The summed E-state index contributed by atoms with van der Waals surface area (Å²) in [6.45, 7) is 5.65. The van der Waals surface area contributed by atoms with E-state index in [4.69, 9.17) is 4.74 Å². The van der Waals surface area contributed by atoms with Gasteiger partial charge in [0, 0.05) is 0 Å². The second-order valence-electron chi connectivity index (χ2n) is 4.82. The Morgan fingerprint density at radius 2 is 1.83 bits per heavy atom. The first-order chi connectivity index (χ1) is 8.13. The van der Waals surface area contributed by atoms with Crippen LogP contribution in [0.2, 0.25) is 0 Å². The molecule has 0 fully saturated rings. The number of alkyl halides is 3. The first kappa shape index (κ1) is 17.5. The first-order valence-electron chi connectivity index (χ1n) is 5.70. The fourth-order valence-electron chi connectivity index (χ4n) is 0.939. The van der Waals surface area contributed by atoms with Gasteiger partial charge >= 0.3 is 112 Å². The SMILES string of the molecule is CC(C)(C)C(=O)OCCCC/C=C/[Se]C(F)(F)F. The normalized spacial score (nSPS) is 13.0. The number of hydrogen-bond donors (Lipinski definition) is 0. The summed E-state index contributed by atoms with van der Waals surface area (Å²) < 4.78 is 40.4. The van der Waals surface area contributed by atoms with E-state index in [-0.39, 0.29) is 5.97 Å². The van der Waals surface area contributed by atoms with Crippen LogP contribution in [0.1, 0.15) is 40.0 Å². The van der Waals surface area contributed by atoms with Gasteiger partial charge < -0.3 is 0 Å². The van der Waals surface area contributed by atoms with Gasteiger partial charge in [0.15, 0.2) is 0 Å². The molecule has 106 valence electrons. The Kier molecular flexibility index (Phi) is 7.64. The van der Waals surface area contributed by atoms with Gasteiger partial charge in [-0.1, -0.05) is 0 Å². The zero-order valence-electron chi connectivity index (χ0n) is 10.8. The zero-order valence-corrected chi connectivity index (χ0v) is 12.6. The monoisotopic (exact) mass is 332 g/mol. The fourth-order valence-corrected chi connectivity index (χ4v) is 1.75. The van der Waals surface area contributed by atoms with E-state index in [9.17, 15) is 18.0 Å². The Morgan fingerprint density at radius 1 is 1.22 bits per heavy atom. The molecular formula is C12H19F3O2Se. The van der Waals surface area contributed by atoms with E-state index in [1.165, 1.54) is 4.97 Å². The summed E-state index contributed by atoms with van der Waals surface area (Å²) in [5.41, 5.74) is -0.505. The van der Waals surface area contributed by atoms with Gasteiger partial charge in [-0.3, -0.25) is 0 Å². The number of carbonyl (C=O) groups excluding carboxylic acids is 1. The van der Waals surface area contributed by atoms with Crippen molar-refractivity contribution in [2.75, 3.05) is 6.61 Å². The van der Waals surface area contributed by atoms with Crippen LogP contribution < -0.4 is 0 Å². The molecule has 0 aromatic carbocycles. The third kappa shape index (κ3) is 10.7. The minimum atomic E-state index is -4.06. The summed E-state index contributed by atoms with van der Waals surface area (Å²) in [5, 5.41) is -4.06. The van der Waals surface area contributed by atoms with E-state index in [2.05, 4.69) is 0 Å². The van der Waals surface area contributed by atoms with Crippen LogP contribution in [0.5, 0.6) is 0 Å². The number of ether oxygens (including phenoxy) is 1. The summed E-state index contributed by atoms with van der Waals surface area (Å²) in [7, 11) is 0. The van der Waals surface area contributed by atoms with Gasteiger partial charge in [0.25, 0.3) is 0 Å². The third-order valence-corrected chi connectivity index (χ3v) is 3.16. The molecule has 18 heavy (non-hydrogen) atoms. The molecule has 0 saturated heterocycles. The number of esters is 1. The van der Waals surface area contributed by atoms with Crippen LogP contribution in [0.15, 0.2) is 11.1 Å². The average Bonchev–Trinajstić information content (AvgIpc) is 2.18. The number of halogens is 3. The molecule has 0 amide bonds. The Labute approximate surface area is 112 Å². The van der Waals surface area contributed by atoms with Crippen LogP contribution in [0.25, 0.3) is 0 Å². The molecule has 0 aliphatic heterocycles. The van der Waals surface area contributed by atoms with Crippen LogP contribution in [0, 0.1) is 5.41 Å². The molecule has 6 heteroatoms. The third-order valence-electron chi connectivity index (χ3n) is 1.91. The number of carbonyl (C=O) groups is 1. The van der Waals surface area contributed by atoms with Crippen molar-refractivity contribution >= 4 is 20.9 Å². The molecular weight excluding hydrogens is 312 g/mol. The van der Waals surface area contributed by atoms with Crippen molar-refractivity contribution < 1.29 is 22.7 Å². The van der Waals surface area contributed by atoms with Gasteiger partial charge in [0.2, 0.25) is 0 Å². The molecule has 2 nitrogen and oxygen atoms in total. The van der Waals surface area contributed by atoms with Gasteiger partial charge in [0.1, 0.15) is 0 Å². The molecule has 0 heterocycles. The van der Waals surface area contributed by atoms with Crippen molar-refractivity contribution in [2.45, 2.75) is 45.1 Å². The molecule has 0 bridgehead atoms. The second kappa shape index (κ2) is 7.85. The quantitative estimate of drug-likeness (QED) is 0.423. The Bertz CT molecular complexity index is 280. The van der Waals surface area contributed by atoms with E-state index in [1.54, 1.807) is 26.8 Å². The molecule has 0 rings (SSSR count). The van der Waals surface area contributed by atoms with Gasteiger partial charge in [-0.2, -0.15) is 0 Å². The van der Waals surface area contributed by atoms with Crippen LogP contribution in [-0.4, -0.2) is 32.6 Å². The summed E-state index contributed by atoms with van der Waals surface area (Å²) in [6, 6.07) is 0. The van der Waals surface area contributed by atoms with Crippen molar-refractivity contribution in [1.82, 2.24) is 0 Å². The summed E-state index contributed by atoms with van der Waals surface area (Å²) in [4.78, 5) is 12.5. The maximum atomic E-state index is 11.8. The van der Waals surface area contributed by atoms with E-state index in [0.29, 0.717) is 19.4 Å². The molecule has 0 aliphatic carbocycles. The Hall–Kier alpha value is -0.481. The van der Waals surface area contributed by atoms with Gasteiger partial charge in [-0.15, -0.1) is 0 Å². The van der Waals surface area contributed by atoms with E-state index in [0.717, 1.165) is 6.42 Å². The summed E-state index contributed by atoms with van der Waals surface area (Å²) in [6.07, 6.45) is 3.52. The summed E-state index contributed by atoms with van der Waals surface area (Å²) >= 11 is -1.42. The Morgan fingerprint density at radius 3 is 2.33 bits per heavy atom. The van der Waals surface area contributed by atoms with Crippen LogP contribution >= 0.6 is 0 Å². The first-order valence-corrected chi connectivity index (χ1v) is 7.54. The number of allylic oxidation sites excluding steroid dienone is 1. The minimum absolute atomic E-state index is 0.251. The van der Waals surface area contributed by atoms with Gasteiger partial charge in [0.05, 0.1) is 0 Å². The van der Waals surface area contributed by atoms with Crippen molar-refractivity contribution in [3.05, 3.63) is 11.1 Å². The molecule has 0 aliphatic rings. The van der Waals surface area contributed by atoms with E-state index < -0.39 is 25.4 Å². The number of rotatable bonds is 6. The van der Waals surface area contributed by atoms with E-state index in [1.807, 2.05) is 0 Å². The average molecular weight is 331 g/mol. The molecule has 0 aromatic rings. The molecule has 0 N–H and O–H groups in total. The molecule has 0 spiro atoms. The van der Waals surface area contributed by atoms with E-state index >= 15 is 0 Å². The zero-order chi connectivity index (χ0) is 14.2. The molecule has 0 atom stereocenters. The molecule has 0 saturated carbocycles. The Balaban J connectivity index is 3.50. The topological polar surface area (TPSA) is 26.3 Å². The summed E-state index contributed by atoms with van der Waals surface area (Å²) in [5.74, 6) is -0.251. The van der Waals surface area contributed by atoms with Crippen molar-refractivity contribution in [3.8, 4) is 0 Å². The second-order valence-corrected chi connectivity index (χ2v) is 6.85. The molecule has 0 aromatic heterocycles. The van der Waals surface area contributed by atoms with Crippen LogP contribution in [-0.2, 0) is 9.53 Å². The van der Waals surface area contributed by atoms with Crippen LogP contribution in [0.3, 0.4) is 0 Å². The predicted molar refractivity (Wildman–Crippen MR) is 65.2 cm³/mol. The maximum absolute atomic E-state index is 11.8. The van der Waals surface area contributed by atoms with Crippen molar-refractivity contribution in [1.29, 1.82) is 0 Å². The number of unbranched alkanes of at least 4 members (excludes halogenated alkanes) is 2. The number of hydrogen-bond acceptors (Lipinski definition) is 2. The van der Waals surface area contributed by atoms with Crippen molar-refractivity contribution in [3.63, 3.8) is 0 Å². The fraction of sp³-hybridized carbons (Fsp3) is 0.750. The van der Waals surface area contributed by atoms with Crippen molar-refractivity contribution in [2.24, 2.45) is 5.41 Å². The standard InChI is InChI=1S/C12H19F3O2Se/c1-11(2,3)10(16)17-8-6-4-5-7-9-18-12(13,14)15/h7,9H,4-6,8H2,1-3H3/b9-7+. The molecule has 0 radical (unpaired) electrons.